The van der Waals surface area contributed by atoms with E-state index < -0.39 is 0 Å². The van der Waals surface area contributed by atoms with Gasteiger partial charge in [0, 0.05) is 10.9 Å². The molecule has 0 radical (unpaired) electrons. The number of anilines is 1. The minimum atomic E-state index is -0.329. The van der Waals surface area contributed by atoms with Gasteiger partial charge >= 0.3 is 5.97 Å². The molecule has 2 heterocycles. The molecular formula is C18H21N3O3S. The molecule has 2 fully saturated rings. The van der Waals surface area contributed by atoms with Crippen molar-refractivity contribution in [3.05, 3.63) is 34.7 Å². The second-order valence-electron chi connectivity index (χ2n) is 6.89. The highest BCUT2D eigenvalue weighted by Crippen LogP contribution is 2.48. The predicted octanol–water partition coefficient (Wildman–Crippen LogP) is 2.91. The highest BCUT2D eigenvalue weighted by molar-refractivity contribution is 7.09. The standard InChI is InChI=1S/C18H21N3O3S/c22-17(11-24-18(23)15-9-12-3-4-13(15)8-12)20-16-5-6-19-21(16)10-14-2-1-7-25-14/h1-2,5-7,12-13,15H,3-4,8-11H2,(H,20,22)/t12-,13-,15+/m0/s1. The van der Waals surface area contributed by atoms with Gasteiger partial charge in [-0.15, -0.1) is 11.3 Å². The molecular weight excluding hydrogens is 338 g/mol. The average Bonchev–Trinajstić information content (AvgIpc) is 3.39. The van der Waals surface area contributed by atoms with Crippen molar-refractivity contribution in [2.75, 3.05) is 11.9 Å². The highest BCUT2D eigenvalue weighted by Gasteiger charge is 2.43. The number of nitrogens with zero attached hydrogens (tertiary/aromatic N) is 2. The number of thiophene rings is 1. The molecule has 2 aromatic heterocycles. The lowest BCUT2D eigenvalue weighted by Gasteiger charge is -2.19. The number of carbonyl (C=O) groups is 2. The van der Waals surface area contributed by atoms with E-state index in [-0.39, 0.29) is 24.4 Å². The van der Waals surface area contributed by atoms with Gasteiger partial charge in [-0.2, -0.15) is 5.10 Å². The van der Waals surface area contributed by atoms with Crippen LogP contribution in [0.15, 0.2) is 29.8 Å². The summed E-state index contributed by atoms with van der Waals surface area (Å²) in [4.78, 5) is 25.5. The fraction of sp³-hybridized carbons (Fsp3) is 0.500. The van der Waals surface area contributed by atoms with Crippen molar-refractivity contribution in [1.29, 1.82) is 0 Å². The van der Waals surface area contributed by atoms with Crippen LogP contribution in [0.4, 0.5) is 5.82 Å². The fourth-order valence-electron chi connectivity index (χ4n) is 4.07. The Morgan fingerprint density at radius 3 is 2.96 bits per heavy atom. The van der Waals surface area contributed by atoms with Crippen molar-refractivity contribution in [3.8, 4) is 0 Å². The maximum atomic E-state index is 12.2. The number of aromatic nitrogens is 2. The molecule has 7 heteroatoms. The van der Waals surface area contributed by atoms with Crippen molar-refractivity contribution in [3.63, 3.8) is 0 Å². The minimum absolute atomic E-state index is 0.00379. The van der Waals surface area contributed by atoms with Crippen LogP contribution in [0.3, 0.4) is 0 Å². The average molecular weight is 359 g/mol. The van der Waals surface area contributed by atoms with Gasteiger partial charge < -0.3 is 10.1 Å². The van der Waals surface area contributed by atoms with Gasteiger partial charge in [0.1, 0.15) is 5.82 Å². The van der Waals surface area contributed by atoms with Gasteiger partial charge in [-0.05, 0) is 42.5 Å². The van der Waals surface area contributed by atoms with Crippen LogP contribution in [0.25, 0.3) is 0 Å². The first kappa shape index (κ1) is 16.3. The Balaban J connectivity index is 1.28. The maximum absolute atomic E-state index is 12.2. The summed E-state index contributed by atoms with van der Waals surface area (Å²) in [6, 6.07) is 5.75. The van der Waals surface area contributed by atoms with Crippen LogP contribution >= 0.6 is 11.3 Å². The molecule has 2 aromatic rings. The van der Waals surface area contributed by atoms with Crippen molar-refractivity contribution in [2.45, 2.75) is 32.2 Å². The number of ether oxygens (including phenoxy) is 1. The zero-order chi connectivity index (χ0) is 17.2. The Morgan fingerprint density at radius 2 is 2.24 bits per heavy atom. The van der Waals surface area contributed by atoms with Gasteiger partial charge in [-0.25, -0.2) is 4.68 Å². The third-order valence-corrected chi connectivity index (χ3v) is 6.12. The number of hydrogen-bond donors (Lipinski definition) is 1. The largest absolute Gasteiger partial charge is 0.455 e. The lowest BCUT2D eigenvalue weighted by Crippen LogP contribution is -2.28. The third-order valence-electron chi connectivity index (χ3n) is 5.26. The number of nitrogens with one attached hydrogen (secondary N) is 1. The Kier molecular flexibility index (Phi) is 4.57. The van der Waals surface area contributed by atoms with Crippen LogP contribution < -0.4 is 5.32 Å². The van der Waals surface area contributed by atoms with Gasteiger partial charge in [0.25, 0.3) is 5.91 Å². The normalized spacial score (nSPS) is 24.4. The first-order valence-electron chi connectivity index (χ1n) is 8.69. The van der Waals surface area contributed by atoms with Crippen molar-refractivity contribution < 1.29 is 14.3 Å². The molecule has 2 aliphatic carbocycles. The first-order valence-corrected chi connectivity index (χ1v) is 9.57. The van der Waals surface area contributed by atoms with E-state index in [0.29, 0.717) is 24.2 Å². The van der Waals surface area contributed by atoms with E-state index >= 15 is 0 Å². The highest BCUT2D eigenvalue weighted by atomic mass is 32.1. The molecule has 2 bridgehead atoms. The molecule has 0 spiro atoms. The molecule has 1 amide bonds. The summed E-state index contributed by atoms with van der Waals surface area (Å²) in [5, 5.41) is 9.01. The first-order chi connectivity index (χ1) is 12.2. The summed E-state index contributed by atoms with van der Waals surface area (Å²) in [6.45, 7) is 0.363. The van der Waals surface area contributed by atoms with E-state index in [1.54, 1.807) is 28.3 Å². The van der Waals surface area contributed by atoms with Gasteiger partial charge in [-0.3, -0.25) is 9.59 Å². The molecule has 25 heavy (non-hydrogen) atoms. The van der Waals surface area contributed by atoms with Crippen molar-refractivity contribution in [2.24, 2.45) is 17.8 Å². The van der Waals surface area contributed by atoms with E-state index in [4.69, 9.17) is 4.74 Å². The van der Waals surface area contributed by atoms with Gasteiger partial charge in [0.15, 0.2) is 6.61 Å². The van der Waals surface area contributed by atoms with Crippen LogP contribution in [0.1, 0.15) is 30.6 Å². The van der Waals surface area contributed by atoms with Crippen LogP contribution in [-0.4, -0.2) is 28.3 Å². The van der Waals surface area contributed by atoms with Crippen LogP contribution in [0, 0.1) is 17.8 Å². The number of carbonyl (C=O) groups excluding carboxylic acids is 2. The Bertz CT molecular complexity index is 755. The van der Waals surface area contributed by atoms with E-state index in [9.17, 15) is 9.59 Å². The molecule has 4 rings (SSSR count). The maximum Gasteiger partial charge on any atom is 0.309 e. The van der Waals surface area contributed by atoms with Crippen molar-refractivity contribution in [1.82, 2.24) is 9.78 Å². The molecule has 1 N–H and O–H groups in total. The Hall–Kier alpha value is -2.15. The fourth-order valence-corrected chi connectivity index (χ4v) is 4.76. The second kappa shape index (κ2) is 7.00. The SMILES string of the molecule is O=C(COC(=O)[C@@H]1C[C@H]2CC[C@H]1C2)Nc1ccnn1Cc1cccs1. The molecule has 0 aromatic carbocycles. The quantitative estimate of drug-likeness (QED) is 0.805. The molecule has 132 valence electrons. The molecule has 0 aliphatic heterocycles. The zero-order valence-corrected chi connectivity index (χ0v) is 14.7. The summed E-state index contributed by atoms with van der Waals surface area (Å²) < 4.78 is 6.98. The summed E-state index contributed by atoms with van der Waals surface area (Å²) in [6.07, 6.45) is 6.08. The summed E-state index contributed by atoms with van der Waals surface area (Å²) in [7, 11) is 0. The van der Waals surface area contributed by atoms with E-state index in [1.165, 1.54) is 6.42 Å². The molecule has 0 saturated heterocycles. The van der Waals surface area contributed by atoms with E-state index in [1.807, 2.05) is 17.5 Å². The predicted molar refractivity (Wildman–Crippen MR) is 94.2 cm³/mol. The topological polar surface area (TPSA) is 73.2 Å². The lowest BCUT2D eigenvalue weighted by molar-refractivity contribution is -0.153. The summed E-state index contributed by atoms with van der Waals surface area (Å²) in [5.41, 5.74) is 0. The van der Waals surface area contributed by atoms with Crippen LogP contribution in [0.5, 0.6) is 0 Å². The molecule has 3 atom stereocenters. The van der Waals surface area contributed by atoms with Gasteiger partial charge in [0.2, 0.25) is 0 Å². The monoisotopic (exact) mass is 359 g/mol. The van der Waals surface area contributed by atoms with Crippen molar-refractivity contribution >= 4 is 29.0 Å². The van der Waals surface area contributed by atoms with Crippen LogP contribution in [0.2, 0.25) is 0 Å². The van der Waals surface area contributed by atoms with Gasteiger partial charge in [-0.1, -0.05) is 12.5 Å². The van der Waals surface area contributed by atoms with E-state index in [2.05, 4.69) is 10.4 Å². The summed E-state index contributed by atoms with van der Waals surface area (Å²) >= 11 is 1.64. The smallest absolute Gasteiger partial charge is 0.309 e. The molecule has 2 saturated carbocycles. The van der Waals surface area contributed by atoms with Crippen LogP contribution in [-0.2, 0) is 20.9 Å². The second-order valence-corrected chi connectivity index (χ2v) is 7.92. The van der Waals surface area contributed by atoms with E-state index in [0.717, 1.165) is 24.1 Å². The molecule has 6 nitrogen and oxygen atoms in total. The Labute approximate surface area is 150 Å². The number of amides is 1. The zero-order valence-electron chi connectivity index (χ0n) is 13.9. The van der Waals surface area contributed by atoms with Gasteiger partial charge in [0.05, 0.1) is 18.7 Å². The third kappa shape index (κ3) is 3.61. The number of esters is 1. The number of fused-ring (bicyclic) bond motifs is 2. The summed E-state index contributed by atoms with van der Waals surface area (Å²) in [5.74, 6) is 1.21. The minimum Gasteiger partial charge on any atom is -0.455 e. The lowest BCUT2D eigenvalue weighted by atomic mass is 9.89. The molecule has 0 unspecified atom stereocenters. The Morgan fingerprint density at radius 1 is 1.32 bits per heavy atom. The number of hydrogen-bond acceptors (Lipinski definition) is 5. The number of rotatable bonds is 6. The molecule has 2 aliphatic rings.